The van der Waals surface area contributed by atoms with Crippen LogP contribution in [-0.4, -0.2) is 37.3 Å². The van der Waals surface area contributed by atoms with Crippen molar-refractivity contribution in [2.45, 2.75) is 71.0 Å². The van der Waals surface area contributed by atoms with Crippen molar-refractivity contribution in [3.05, 3.63) is 52.3 Å². The Morgan fingerprint density at radius 2 is 1.94 bits per heavy atom. The zero-order chi connectivity index (χ0) is 22.0. The molecule has 2 aromatic heterocycles. The van der Waals surface area contributed by atoms with Crippen LogP contribution in [0.15, 0.2) is 29.4 Å². The zero-order valence-corrected chi connectivity index (χ0v) is 19.6. The Labute approximate surface area is 188 Å². The summed E-state index contributed by atoms with van der Waals surface area (Å²) < 4.78 is 1.81. The number of rotatable bonds is 6. The standard InChI is InChI=1S/C24H31N5OS/c1-15-9-5-7-11-19(15)13-20-17(3)25-23-27-24(28-29(23)18(20)4)31-14-22(30)26-21-12-8-6-10-16(21)2/h5,7,9,11,16,21H,6,8,10,12-14H2,1-4H3,(H,26,30)/t16-,21+/m0/s1. The fraction of sp³-hybridized carbons (Fsp3) is 0.500. The molecule has 1 fully saturated rings. The van der Waals surface area contributed by atoms with Gasteiger partial charge in [-0.05, 0) is 56.2 Å². The molecule has 2 atom stereocenters. The molecular formula is C24H31N5OS. The molecule has 1 saturated carbocycles. The number of nitrogens with zero attached hydrogens (tertiary/aromatic N) is 4. The van der Waals surface area contributed by atoms with Gasteiger partial charge in [0.1, 0.15) is 0 Å². The van der Waals surface area contributed by atoms with Gasteiger partial charge in [-0.1, -0.05) is 55.8 Å². The number of aromatic nitrogens is 4. The molecule has 1 aliphatic rings. The molecule has 0 radical (unpaired) electrons. The van der Waals surface area contributed by atoms with Crippen molar-refractivity contribution in [2.75, 3.05) is 5.75 Å². The molecule has 0 spiro atoms. The van der Waals surface area contributed by atoms with Crippen LogP contribution in [0.5, 0.6) is 0 Å². The van der Waals surface area contributed by atoms with Gasteiger partial charge >= 0.3 is 0 Å². The second-order valence-corrected chi connectivity index (χ2v) is 9.64. The van der Waals surface area contributed by atoms with Gasteiger partial charge in [0.05, 0.1) is 5.75 Å². The Kier molecular flexibility index (Phi) is 6.60. The minimum absolute atomic E-state index is 0.0590. The average molecular weight is 438 g/mol. The maximum Gasteiger partial charge on any atom is 0.253 e. The fourth-order valence-electron chi connectivity index (χ4n) is 4.42. The minimum atomic E-state index is 0.0590. The molecule has 1 aromatic carbocycles. The van der Waals surface area contributed by atoms with Crippen LogP contribution < -0.4 is 5.32 Å². The number of carbonyl (C=O) groups excluding carboxylic acids is 1. The predicted octanol–water partition coefficient (Wildman–Crippen LogP) is 4.43. The van der Waals surface area contributed by atoms with Crippen molar-refractivity contribution in [1.82, 2.24) is 24.9 Å². The van der Waals surface area contributed by atoms with Crippen LogP contribution in [0.1, 0.15) is 60.7 Å². The smallest absolute Gasteiger partial charge is 0.253 e. The van der Waals surface area contributed by atoms with Gasteiger partial charge in [0, 0.05) is 23.9 Å². The van der Waals surface area contributed by atoms with Gasteiger partial charge in [-0.25, -0.2) is 9.50 Å². The number of aryl methyl sites for hydroxylation is 3. The Morgan fingerprint density at radius 3 is 2.71 bits per heavy atom. The summed E-state index contributed by atoms with van der Waals surface area (Å²) in [6.07, 6.45) is 5.56. The molecule has 0 saturated heterocycles. The van der Waals surface area contributed by atoms with E-state index in [0.717, 1.165) is 24.2 Å². The lowest BCUT2D eigenvalue weighted by molar-refractivity contribution is -0.119. The van der Waals surface area contributed by atoms with E-state index in [4.69, 9.17) is 0 Å². The average Bonchev–Trinajstić information content (AvgIpc) is 3.15. The van der Waals surface area contributed by atoms with Crippen LogP contribution in [0, 0.1) is 26.7 Å². The topological polar surface area (TPSA) is 72.2 Å². The lowest BCUT2D eigenvalue weighted by Gasteiger charge is -2.29. The van der Waals surface area contributed by atoms with E-state index in [-0.39, 0.29) is 5.91 Å². The molecule has 31 heavy (non-hydrogen) atoms. The molecule has 7 heteroatoms. The van der Waals surface area contributed by atoms with Crippen molar-refractivity contribution in [3.63, 3.8) is 0 Å². The quantitative estimate of drug-likeness (QED) is 0.578. The second kappa shape index (κ2) is 9.39. The maximum absolute atomic E-state index is 12.4. The SMILES string of the molecule is Cc1ccccc1Cc1c(C)nc2nc(SCC(=O)N[C@@H]3CCCC[C@@H]3C)nn2c1C. The van der Waals surface area contributed by atoms with Crippen LogP contribution in [0.4, 0.5) is 0 Å². The third-order valence-corrected chi connectivity index (χ3v) is 7.29. The first-order chi connectivity index (χ1) is 14.9. The molecule has 0 aliphatic heterocycles. The predicted molar refractivity (Wildman–Crippen MR) is 125 cm³/mol. The summed E-state index contributed by atoms with van der Waals surface area (Å²) in [5, 5.41) is 8.43. The Bertz CT molecular complexity index is 1090. The van der Waals surface area contributed by atoms with Crippen molar-refractivity contribution in [3.8, 4) is 0 Å². The highest BCUT2D eigenvalue weighted by molar-refractivity contribution is 7.99. The second-order valence-electron chi connectivity index (χ2n) is 8.70. The summed E-state index contributed by atoms with van der Waals surface area (Å²) in [5.41, 5.74) is 5.76. The number of benzene rings is 1. The number of thioether (sulfide) groups is 1. The van der Waals surface area contributed by atoms with Crippen molar-refractivity contribution in [2.24, 2.45) is 5.92 Å². The number of hydrogen-bond donors (Lipinski definition) is 1. The molecule has 6 nitrogen and oxygen atoms in total. The molecule has 2 heterocycles. The molecule has 1 aliphatic carbocycles. The largest absolute Gasteiger partial charge is 0.352 e. The summed E-state index contributed by atoms with van der Waals surface area (Å²) in [5.74, 6) is 1.53. The van der Waals surface area contributed by atoms with E-state index >= 15 is 0 Å². The molecule has 3 aromatic rings. The third kappa shape index (κ3) is 4.92. The highest BCUT2D eigenvalue weighted by atomic mass is 32.2. The van der Waals surface area contributed by atoms with Crippen molar-refractivity contribution in [1.29, 1.82) is 0 Å². The van der Waals surface area contributed by atoms with E-state index in [1.807, 2.05) is 11.4 Å². The van der Waals surface area contributed by atoms with Gasteiger partial charge in [-0.2, -0.15) is 4.98 Å². The van der Waals surface area contributed by atoms with E-state index in [0.29, 0.717) is 28.6 Å². The maximum atomic E-state index is 12.4. The third-order valence-electron chi connectivity index (χ3n) is 6.45. The van der Waals surface area contributed by atoms with Crippen LogP contribution in [-0.2, 0) is 11.2 Å². The lowest BCUT2D eigenvalue weighted by Crippen LogP contribution is -2.41. The number of fused-ring (bicyclic) bond motifs is 1. The summed E-state index contributed by atoms with van der Waals surface area (Å²) in [6, 6.07) is 8.72. The van der Waals surface area contributed by atoms with E-state index in [1.54, 1.807) is 0 Å². The summed E-state index contributed by atoms with van der Waals surface area (Å²) in [6.45, 7) is 8.46. The Morgan fingerprint density at radius 1 is 1.16 bits per heavy atom. The van der Waals surface area contributed by atoms with E-state index in [2.05, 4.69) is 65.4 Å². The van der Waals surface area contributed by atoms with Gasteiger partial charge in [-0.3, -0.25) is 4.79 Å². The van der Waals surface area contributed by atoms with Crippen LogP contribution in [0.3, 0.4) is 0 Å². The molecule has 4 rings (SSSR count). The fourth-order valence-corrected chi connectivity index (χ4v) is 5.04. The molecule has 1 N–H and O–H groups in total. The highest BCUT2D eigenvalue weighted by Crippen LogP contribution is 2.25. The molecule has 0 unspecified atom stereocenters. The highest BCUT2D eigenvalue weighted by Gasteiger charge is 2.23. The van der Waals surface area contributed by atoms with Crippen molar-refractivity contribution >= 4 is 23.4 Å². The van der Waals surface area contributed by atoms with E-state index in [1.165, 1.54) is 47.7 Å². The summed E-state index contributed by atoms with van der Waals surface area (Å²) in [4.78, 5) is 21.7. The van der Waals surface area contributed by atoms with Crippen molar-refractivity contribution < 1.29 is 4.79 Å². The van der Waals surface area contributed by atoms with Crippen LogP contribution >= 0.6 is 11.8 Å². The monoisotopic (exact) mass is 437 g/mol. The normalized spacial score (nSPS) is 19.0. The Balaban J connectivity index is 1.47. The first-order valence-corrected chi connectivity index (χ1v) is 12.1. The van der Waals surface area contributed by atoms with Gasteiger partial charge in [0.15, 0.2) is 0 Å². The summed E-state index contributed by atoms with van der Waals surface area (Å²) >= 11 is 1.38. The van der Waals surface area contributed by atoms with Gasteiger partial charge in [0.25, 0.3) is 5.78 Å². The van der Waals surface area contributed by atoms with Gasteiger partial charge < -0.3 is 5.32 Å². The van der Waals surface area contributed by atoms with E-state index in [9.17, 15) is 4.79 Å². The van der Waals surface area contributed by atoms with Crippen LogP contribution in [0.25, 0.3) is 5.78 Å². The zero-order valence-electron chi connectivity index (χ0n) is 18.8. The number of carbonyl (C=O) groups is 1. The summed E-state index contributed by atoms with van der Waals surface area (Å²) in [7, 11) is 0. The molecule has 0 bridgehead atoms. The Hall–Kier alpha value is -2.41. The lowest BCUT2D eigenvalue weighted by atomic mass is 9.86. The van der Waals surface area contributed by atoms with E-state index < -0.39 is 0 Å². The number of hydrogen-bond acceptors (Lipinski definition) is 5. The first kappa shape index (κ1) is 21.8. The van der Waals surface area contributed by atoms with Crippen LogP contribution in [0.2, 0.25) is 0 Å². The van der Waals surface area contributed by atoms with Gasteiger partial charge in [0.2, 0.25) is 11.1 Å². The number of amides is 1. The molecular weight excluding hydrogens is 406 g/mol. The molecule has 1 amide bonds. The number of nitrogens with one attached hydrogen (secondary N) is 1. The minimum Gasteiger partial charge on any atom is -0.352 e. The van der Waals surface area contributed by atoms with Gasteiger partial charge in [-0.15, -0.1) is 5.10 Å². The first-order valence-electron chi connectivity index (χ1n) is 11.1. The molecule has 164 valence electrons.